The summed E-state index contributed by atoms with van der Waals surface area (Å²) in [5.74, 6) is -0.244. The molecule has 0 aromatic rings. The number of hydrogen-bond acceptors (Lipinski definition) is 3. The first-order valence-corrected chi connectivity index (χ1v) is 5.38. The van der Waals surface area contributed by atoms with Crippen molar-refractivity contribution >= 4 is 27.4 Å². The molecule has 0 spiro atoms. The normalized spacial score (nSPS) is 10.8. The first kappa shape index (κ1) is 11.6. The van der Waals surface area contributed by atoms with Gasteiger partial charge in [-0.25, -0.2) is 0 Å². The number of nitrogens with one attached hydrogen (secondary N) is 2. The molecule has 72 valence electrons. The Bertz CT molecular complexity index is 237. The zero-order valence-corrected chi connectivity index (χ0v) is 8.33. The molecular weight excluding hydrogens is 200 g/mol. The predicted octanol–water partition coefficient (Wildman–Crippen LogP) is -0.642. The average Bonchev–Trinajstić information content (AvgIpc) is 1.96. The van der Waals surface area contributed by atoms with Crippen LogP contribution in [-0.4, -0.2) is 37.4 Å². The molecule has 0 radical (unpaired) electrons. The van der Waals surface area contributed by atoms with Crippen LogP contribution in [0.15, 0.2) is 0 Å². The van der Waals surface area contributed by atoms with Gasteiger partial charge in [-0.1, -0.05) is 0 Å². The minimum Gasteiger partial charge on any atom is -0.366 e. The third-order valence-electron chi connectivity index (χ3n) is 1.09. The van der Waals surface area contributed by atoms with Crippen LogP contribution < -0.4 is 10.6 Å². The van der Waals surface area contributed by atoms with Crippen LogP contribution in [0.2, 0.25) is 0 Å². The molecule has 0 amide bonds. The molecular formula is C5H12N2O3S2. The van der Waals surface area contributed by atoms with Crippen molar-refractivity contribution in [3.8, 4) is 0 Å². The molecule has 3 N–H and O–H groups in total. The van der Waals surface area contributed by atoms with E-state index in [9.17, 15) is 8.42 Å². The van der Waals surface area contributed by atoms with Crippen LogP contribution in [0.3, 0.4) is 0 Å². The van der Waals surface area contributed by atoms with E-state index >= 15 is 0 Å². The molecule has 0 atom stereocenters. The number of hydrogen-bond donors (Lipinski definition) is 3. The lowest BCUT2D eigenvalue weighted by Gasteiger charge is -2.04. The molecule has 5 nitrogen and oxygen atoms in total. The highest BCUT2D eigenvalue weighted by atomic mass is 32.2. The van der Waals surface area contributed by atoms with Gasteiger partial charge in [0.2, 0.25) is 0 Å². The summed E-state index contributed by atoms with van der Waals surface area (Å²) in [5.41, 5.74) is 0. The standard InChI is InChI=1S/C5H12N2O3S2/c1-6-5(11)7-3-2-4-12(8,9)10/h2-4H2,1H3,(H2,6,7,11)(H,8,9,10). The second-order valence-corrected chi connectivity index (χ2v) is 4.13. The van der Waals surface area contributed by atoms with E-state index in [0.29, 0.717) is 18.1 Å². The van der Waals surface area contributed by atoms with Crippen LogP contribution in [0.4, 0.5) is 0 Å². The topological polar surface area (TPSA) is 78.4 Å². The smallest absolute Gasteiger partial charge is 0.264 e. The van der Waals surface area contributed by atoms with Crippen molar-refractivity contribution in [1.29, 1.82) is 0 Å². The van der Waals surface area contributed by atoms with E-state index in [1.807, 2.05) is 0 Å². The summed E-state index contributed by atoms with van der Waals surface area (Å²) < 4.78 is 28.8. The molecule has 0 unspecified atom stereocenters. The highest BCUT2D eigenvalue weighted by Gasteiger charge is 2.02. The van der Waals surface area contributed by atoms with E-state index in [0.717, 1.165) is 0 Å². The van der Waals surface area contributed by atoms with E-state index in [1.165, 1.54) is 0 Å². The third-order valence-corrected chi connectivity index (χ3v) is 2.24. The van der Waals surface area contributed by atoms with E-state index < -0.39 is 10.1 Å². The van der Waals surface area contributed by atoms with Crippen LogP contribution in [0.25, 0.3) is 0 Å². The molecule has 0 aliphatic rings. The Balaban J connectivity index is 3.40. The average molecular weight is 212 g/mol. The van der Waals surface area contributed by atoms with Gasteiger partial charge in [0.1, 0.15) is 0 Å². The summed E-state index contributed by atoms with van der Waals surface area (Å²) in [5, 5.41) is 5.88. The van der Waals surface area contributed by atoms with Gasteiger partial charge in [-0.3, -0.25) is 4.55 Å². The first-order valence-electron chi connectivity index (χ1n) is 3.36. The maximum absolute atomic E-state index is 10.2. The quantitative estimate of drug-likeness (QED) is 0.327. The molecule has 0 aliphatic carbocycles. The van der Waals surface area contributed by atoms with E-state index in [-0.39, 0.29) is 5.75 Å². The van der Waals surface area contributed by atoms with Crippen LogP contribution in [0.1, 0.15) is 6.42 Å². The SMILES string of the molecule is CNC(=S)NCCCS(=O)(=O)O. The molecule has 7 heteroatoms. The Morgan fingerprint density at radius 2 is 2.17 bits per heavy atom. The fraction of sp³-hybridized carbons (Fsp3) is 0.800. The van der Waals surface area contributed by atoms with Crippen LogP contribution in [-0.2, 0) is 10.1 Å². The van der Waals surface area contributed by atoms with Crippen LogP contribution in [0.5, 0.6) is 0 Å². The predicted molar refractivity (Wildman–Crippen MR) is 50.7 cm³/mol. The summed E-state index contributed by atoms with van der Waals surface area (Å²) in [6.45, 7) is 0.430. The highest BCUT2D eigenvalue weighted by molar-refractivity contribution is 7.85. The third kappa shape index (κ3) is 7.70. The van der Waals surface area contributed by atoms with Gasteiger partial charge in [-0.05, 0) is 18.6 Å². The van der Waals surface area contributed by atoms with Crippen LogP contribution in [0, 0.1) is 0 Å². The fourth-order valence-corrected chi connectivity index (χ4v) is 1.16. The zero-order valence-electron chi connectivity index (χ0n) is 6.70. The molecule has 0 rings (SSSR count). The Morgan fingerprint density at radius 3 is 2.58 bits per heavy atom. The lowest BCUT2D eigenvalue weighted by molar-refractivity contribution is 0.481. The van der Waals surface area contributed by atoms with Gasteiger partial charge in [-0.15, -0.1) is 0 Å². The molecule has 12 heavy (non-hydrogen) atoms. The Morgan fingerprint density at radius 1 is 1.58 bits per heavy atom. The van der Waals surface area contributed by atoms with Crippen LogP contribution >= 0.6 is 12.2 Å². The van der Waals surface area contributed by atoms with Gasteiger partial charge in [0.15, 0.2) is 5.11 Å². The van der Waals surface area contributed by atoms with Gasteiger partial charge in [0.05, 0.1) is 5.75 Å². The summed E-state index contributed by atoms with van der Waals surface area (Å²) >= 11 is 4.73. The number of rotatable bonds is 4. The van der Waals surface area contributed by atoms with E-state index in [2.05, 4.69) is 10.6 Å². The second kappa shape index (κ2) is 5.28. The van der Waals surface area contributed by atoms with Gasteiger partial charge in [-0.2, -0.15) is 8.42 Å². The van der Waals surface area contributed by atoms with Crippen molar-refractivity contribution in [2.24, 2.45) is 0 Å². The van der Waals surface area contributed by atoms with E-state index in [4.69, 9.17) is 16.8 Å². The van der Waals surface area contributed by atoms with Crippen molar-refractivity contribution in [1.82, 2.24) is 10.6 Å². The Labute approximate surface area is 77.3 Å². The van der Waals surface area contributed by atoms with Gasteiger partial charge >= 0.3 is 0 Å². The second-order valence-electron chi connectivity index (χ2n) is 2.15. The van der Waals surface area contributed by atoms with Crippen molar-refractivity contribution in [2.45, 2.75) is 6.42 Å². The largest absolute Gasteiger partial charge is 0.366 e. The Kier molecular flexibility index (Phi) is 5.11. The molecule has 0 aliphatic heterocycles. The maximum atomic E-state index is 10.2. The lowest BCUT2D eigenvalue weighted by atomic mass is 10.5. The maximum Gasteiger partial charge on any atom is 0.264 e. The molecule has 0 aromatic carbocycles. The molecule has 0 fully saturated rings. The van der Waals surface area contributed by atoms with Crippen molar-refractivity contribution < 1.29 is 13.0 Å². The lowest BCUT2D eigenvalue weighted by Crippen LogP contribution is -2.33. The summed E-state index contributed by atoms with van der Waals surface area (Å²) in [6, 6.07) is 0. The van der Waals surface area contributed by atoms with Crippen molar-refractivity contribution in [2.75, 3.05) is 19.3 Å². The fourth-order valence-electron chi connectivity index (χ4n) is 0.545. The summed E-state index contributed by atoms with van der Waals surface area (Å²) in [7, 11) is -2.17. The molecule has 0 bridgehead atoms. The number of thiocarbonyl (C=S) groups is 1. The summed E-state index contributed by atoms with van der Waals surface area (Å²) in [6.07, 6.45) is 0.334. The molecule has 0 heterocycles. The minimum atomic E-state index is -3.83. The monoisotopic (exact) mass is 212 g/mol. The molecule has 0 aromatic heterocycles. The van der Waals surface area contributed by atoms with Gasteiger partial charge in [0, 0.05) is 13.6 Å². The van der Waals surface area contributed by atoms with E-state index in [1.54, 1.807) is 7.05 Å². The van der Waals surface area contributed by atoms with Crippen molar-refractivity contribution in [3.05, 3.63) is 0 Å². The molecule has 0 saturated carbocycles. The Hall–Kier alpha value is -0.400. The summed E-state index contributed by atoms with van der Waals surface area (Å²) in [4.78, 5) is 0. The van der Waals surface area contributed by atoms with Gasteiger partial charge < -0.3 is 10.6 Å². The molecule has 0 saturated heterocycles. The zero-order chi connectivity index (χ0) is 9.61. The minimum absolute atomic E-state index is 0.244. The first-order chi connectivity index (χ1) is 5.45. The van der Waals surface area contributed by atoms with Gasteiger partial charge in [0.25, 0.3) is 10.1 Å². The highest BCUT2D eigenvalue weighted by Crippen LogP contribution is 1.85. The van der Waals surface area contributed by atoms with Crippen molar-refractivity contribution in [3.63, 3.8) is 0 Å².